The van der Waals surface area contributed by atoms with Crippen LogP contribution in [0.25, 0.3) is 11.3 Å². The fourth-order valence-electron chi connectivity index (χ4n) is 3.27. The van der Waals surface area contributed by atoms with E-state index in [1.165, 1.54) is 5.56 Å². The molecule has 2 aromatic carbocycles. The molecule has 0 fully saturated rings. The molecule has 0 atom stereocenters. The van der Waals surface area contributed by atoms with Crippen molar-refractivity contribution in [2.75, 3.05) is 11.9 Å². The highest BCUT2D eigenvalue weighted by Crippen LogP contribution is 2.29. The fourth-order valence-corrected chi connectivity index (χ4v) is 3.46. The van der Waals surface area contributed by atoms with Crippen LogP contribution in [0.4, 0.5) is 10.5 Å². The molecule has 5 nitrogen and oxygen atoms in total. The Labute approximate surface area is 157 Å². The minimum atomic E-state index is -0.130. The largest absolute Gasteiger partial charge is 0.322 e. The molecule has 1 aromatic heterocycles. The summed E-state index contributed by atoms with van der Waals surface area (Å²) < 4.78 is 0. The van der Waals surface area contributed by atoms with Gasteiger partial charge in [-0.15, -0.1) is 0 Å². The van der Waals surface area contributed by atoms with Crippen LogP contribution in [0.5, 0.6) is 0 Å². The van der Waals surface area contributed by atoms with Crippen molar-refractivity contribution in [2.24, 2.45) is 0 Å². The number of hydrogen-bond acceptors (Lipinski definition) is 2. The smallest absolute Gasteiger partial charge is 0.320 e. The molecule has 0 unspecified atom stereocenters. The van der Waals surface area contributed by atoms with E-state index in [0.717, 1.165) is 28.9 Å². The van der Waals surface area contributed by atoms with Gasteiger partial charge in [0.05, 0.1) is 12.2 Å². The van der Waals surface area contributed by atoms with E-state index in [9.17, 15) is 4.79 Å². The van der Waals surface area contributed by atoms with Gasteiger partial charge in [-0.05, 0) is 31.2 Å². The normalized spacial score (nSPS) is 13.4. The number of nitrogens with zero attached hydrogens (tertiary/aromatic N) is 2. The molecule has 4 rings (SSSR count). The van der Waals surface area contributed by atoms with Gasteiger partial charge in [0.15, 0.2) is 0 Å². The molecule has 6 heteroatoms. The zero-order valence-corrected chi connectivity index (χ0v) is 15.2. The highest BCUT2D eigenvalue weighted by atomic mass is 35.5. The lowest BCUT2D eigenvalue weighted by atomic mass is 10.0. The number of aromatic amines is 1. The number of amides is 2. The summed E-state index contributed by atoms with van der Waals surface area (Å²) in [6.07, 6.45) is 0.761. The van der Waals surface area contributed by atoms with E-state index in [0.29, 0.717) is 23.8 Å². The van der Waals surface area contributed by atoms with Gasteiger partial charge in [-0.25, -0.2) is 4.79 Å². The molecule has 1 aliphatic rings. The van der Waals surface area contributed by atoms with Crippen molar-refractivity contribution in [1.82, 2.24) is 15.1 Å². The van der Waals surface area contributed by atoms with E-state index in [1.807, 2.05) is 18.2 Å². The maximum absolute atomic E-state index is 12.7. The van der Waals surface area contributed by atoms with Gasteiger partial charge in [-0.2, -0.15) is 5.10 Å². The molecule has 0 radical (unpaired) electrons. The second-order valence-electron chi connectivity index (χ2n) is 6.51. The molecule has 3 aromatic rings. The molecule has 0 aliphatic carbocycles. The summed E-state index contributed by atoms with van der Waals surface area (Å²) in [6.45, 7) is 3.24. The molecular formula is C20H19ClN4O. The Morgan fingerprint density at radius 1 is 1.23 bits per heavy atom. The molecule has 0 saturated heterocycles. The predicted molar refractivity (Wildman–Crippen MR) is 103 cm³/mol. The van der Waals surface area contributed by atoms with Gasteiger partial charge in [-0.3, -0.25) is 5.10 Å². The summed E-state index contributed by atoms with van der Waals surface area (Å²) in [4.78, 5) is 14.5. The summed E-state index contributed by atoms with van der Waals surface area (Å²) in [5, 5.41) is 11.1. The van der Waals surface area contributed by atoms with E-state index < -0.39 is 0 Å². The zero-order valence-electron chi connectivity index (χ0n) is 14.4. The molecular weight excluding hydrogens is 348 g/mol. The van der Waals surface area contributed by atoms with Crippen LogP contribution >= 0.6 is 11.6 Å². The SMILES string of the molecule is Cc1cccc(-c2n[nH]c3c2CN(C(=O)Nc2cccc(Cl)c2)CC3)c1. The number of urea groups is 1. The van der Waals surface area contributed by atoms with E-state index in [2.05, 4.69) is 40.6 Å². The van der Waals surface area contributed by atoms with Crippen LogP contribution in [-0.4, -0.2) is 27.7 Å². The Hall–Kier alpha value is -2.79. The Bertz CT molecular complexity index is 966. The van der Waals surface area contributed by atoms with Crippen molar-refractivity contribution in [3.05, 3.63) is 70.4 Å². The van der Waals surface area contributed by atoms with Crippen LogP contribution in [0.3, 0.4) is 0 Å². The number of aryl methyl sites for hydroxylation is 1. The Kier molecular flexibility index (Phi) is 4.39. The topological polar surface area (TPSA) is 61.0 Å². The van der Waals surface area contributed by atoms with Gasteiger partial charge in [0.25, 0.3) is 0 Å². The lowest BCUT2D eigenvalue weighted by Gasteiger charge is -2.27. The van der Waals surface area contributed by atoms with Crippen molar-refractivity contribution in [3.8, 4) is 11.3 Å². The van der Waals surface area contributed by atoms with Crippen LogP contribution in [0.1, 0.15) is 16.8 Å². The first-order chi connectivity index (χ1) is 12.6. The number of carbonyl (C=O) groups excluding carboxylic acids is 1. The van der Waals surface area contributed by atoms with E-state index in [-0.39, 0.29) is 6.03 Å². The summed E-state index contributed by atoms with van der Waals surface area (Å²) in [5.41, 5.74) is 6.06. The van der Waals surface area contributed by atoms with Crippen LogP contribution in [0.2, 0.25) is 5.02 Å². The van der Waals surface area contributed by atoms with Crippen molar-refractivity contribution < 1.29 is 4.79 Å². The minimum Gasteiger partial charge on any atom is -0.320 e. The summed E-state index contributed by atoms with van der Waals surface area (Å²) in [7, 11) is 0. The van der Waals surface area contributed by atoms with Gasteiger partial charge in [0.2, 0.25) is 0 Å². The minimum absolute atomic E-state index is 0.130. The monoisotopic (exact) mass is 366 g/mol. The van der Waals surface area contributed by atoms with Gasteiger partial charge in [0.1, 0.15) is 0 Å². The van der Waals surface area contributed by atoms with Crippen molar-refractivity contribution in [3.63, 3.8) is 0 Å². The lowest BCUT2D eigenvalue weighted by molar-refractivity contribution is 0.206. The molecule has 2 N–H and O–H groups in total. The van der Waals surface area contributed by atoms with Gasteiger partial charge < -0.3 is 10.2 Å². The molecule has 0 spiro atoms. The number of benzene rings is 2. The fraction of sp³-hybridized carbons (Fsp3) is 0.200. The number of anilines is 1. The first-order valence-electron chi connectivity index (χ1n) is 8.55. The number of aromatic nitrogens is 2. The van der Waals surface area contributed by atoms with Crippen molar-refractivity contribution in [1.29, 1.82) is 0 Å². The van der Waals surface area contributed by atoms with Gasteiger partial charge >= 0.3 is 6.03 Å². The maximum Gasteiger partial charge on any atom is 0.322 e. The summed E-state index contributed by atoms with van der Waals surface area (Å²) in [5.74, 6) is 0. The van der Waals surface area contributed by atoms with Crippen molar-refractivity contribution >= 4 is 23.3 Å². The average molecular weight is 367 g/mol. The third-order valence-electron chi connectivity index (χ3n) is 4.59. The first kappa shape index (κ1) is 16.7. The highest BCUT2D eigenvalue weighted by molar-refractivity contribution is 6.30. The summed E-state index contributed by atoms with van der Waals surface area (Å²) >= 11 is 5.99. The second-order valence-corrected chi connectivity index (χ2v) is 6.95. The third-order valence-corrected chi connectivity index (χ3v) is 4.82. The number of hydrogen-bond donors (Lipinski definition) is 2. The zero-order chi connectivity index (χ0) is 18.1. The van der Waals surface area contributed by atoms with Gasteiger partial charge in [0, 0.05) is 40.5 Å². The van der Waals surface area contributed by atoms with Crippen LogP contribution in [0.15, 0.2) is 48.5 Å². The highest BCUT2D eigenvalue weighted by Gasteiger charge is 2.25. The van der Waals surface area contributed by atoms with Crippen LogP contribution in [0, 0.1) is 6.92 Å². The predicted octanol–water partition coefficient (Wildman–Crippen LogP) is 4.63. The first-order valence-corrected chi connectivity index (χ1v) is 8.92. The number of nitrogens with one attached hydrogen (secondary N) is 2. The number of H-pyrrole nitrogens is 1. The molecule has 2 amide bonds. The Morgan fingerprint density at radius 3 is 2.88 bits per heavy atom. The molecule has 0 bridgehead atoms. The molecule has 1 aliphatic heterocycles. The summed E-state index contributed by atoms with van der Waals surface area (Å²) in [6, 6.07) is 15.3. The van der Waals surface area contributed by atoms with Crippen LogP contribution in [-0.2, 0) is 13.0 Å². The lowest BCUT2D eigenvalue weighted by Crippen LogP contribution is -2.38. The molecule has 0 saturated carbocycles. The van der Waals surface area contributed by atoms with Crippen LogP contribution < -0.4 is 5.32 Å². The van der Waals surface area contributed by atoms with Crippen molar-refractivity contribution in [2.45, 2.75) is 19.9 Å². The van der Waals surface area contributed by atoms with Gasteiger partial charge in [-0.1, -0.05) is 41.4 Å². The third kappa shape index (κ3) is 3.30. The Morgan fingerprint density at radius 2 is 2.08 bits per heavy atom. The number of fused-ring (bicyclic) bond motifs is 1. The maximum atomic E-state index is 12.7. The van der Waals surface area contributed by atoms with E-state index >= 15 is 0 Å². The molecule has 26 heavy (non-hydrogen) atoms. The number of carbonyl (C=O) groups is 1. The van der Waals surface area contributed by atoms with E-state index in [4.69, 9.17) is 11.6 Å². The quantitative estimate of drug-likeness (QED) is 0.694. The number of rotatable bonds is 2. The number of halogens is 1. The standard InChI is InChI=1S/C20H19ClN4O/c1-13-4-2-5-14(10-13)19-17-12-25(9-8-18(17)23-24-19)20(26)22-16-7-3-6-15(21)11-16/h2-7,10-11H,8-9,12H2,1H3,(H,22,26)(H,23,24). The molecule has 132 valence electrons. The molecule has 2 heterocycles. The van der Waals surface area contributed by atoms with E-state index in [1.54, 1.807) is 17.0 Å². The average Bonchev–Trinajstić information content (AvgIpc) is 3.05. The Balaban J connectivity index is 1.55. The second kappa shape index (κ2) is 6.84.